The summed E-state index contributed by atoms with van der Waals surface area (Å²) in [7, 11) is 0. The van der Waals surface area contributed by atoms with Crippen molar-refractivity contribution in [2.75, 3.05) is 18.1 Å². The zero-order chi connectivity index (χ0) is 14.6. The first kappa shape index (κ1) is 14.7. The molecule has 1 N–H and O–H groups in total. The van der Waals surface area contributed by atoms with Gasteiger partial charge in [-0.2, -0.15) is 13.2 Å². The van der Waals surface area contributed by atoms with E-state index in [0.717, 1.165) is 5.56 Å². The van der Waals surface area contributed by atoms with Gasteiger partial charge in [-0.15, -0.1) is 10.2 Å². The normalized spacial score (nSPS) is 11.6. The van der Waals surface area contributed by atoms with Crippen molar-refractivity contribution in [1.29, 1.82) is 0 Å². The van der Waals surface area contributed by atoms with Gasteiger partial charge in [-0.25, -0.2) is 0 Å². The average molecular weight is 303 g/mol. The Morgan fingerprint density at radius 2 is 1.85 bits per heavy atom. The van der Waals surface area contributed by atoms with Gasteiger partial charge < -0.3 is 10.0 Å². The van der Waals surface area contributed by atoms with Crippen molar-refractivity contribution in [3.63, 3.8) is 0 Å². The van der Waals surface area contributed by atoms with Gasteiger partial charge in [-0.3, -0.25) is 0 Å². The maximum atomic E-state index is 12.5. The van der Waals surface area contributed by atoms with Crippen LogP contribution in [0.4, 0.5) is 18.3 Å². The topological polar surface area (TPSA) is 49.2 Å². The molecule has 0 saturated heterocycles. The van der Waals surface area contributed by atoms with E-state index in [0.29, 0.717) is 17.9 Å². The van der Waals surface area contributed by atoms with Gasteiger partial charge in [0.05, 0.1) is 6.61 Å². The smallest absolute Gasteiger partial charge is 0.395 e. The number of anilines is 1. The van der Waals surface area contributed by atoms with Gasteiger partial charge >= 0.3 is 6.18 Å². The van der Waals surface area contributed by atoms with Gasteiger partial charge in [0, 0.05) is 13.1 Å². The van der Waals surface area contributed by atoms with E-state index in [1.807, 2.05) is 30.3 Å². The van der Waals surface area contributed by atoms with Crippen LogP contribution in [0.3, 0.4) is 0 Å². The second kappa shape index (κ2) is 6.19. The minimum absolute atomic E-state index is 0.148. The molecule has 0 unspecified atom stereocenters. The summed E-state index contributed by atoms with van der Waals surface area (Å²) in [6.07, 6.45) is -4.49. The van der Waals surface area contributed by atoms with Gasteiger partial charge in [0.15, 0.2) is 0 Å². The summed E-state index contributed by atoms with van der Waals surface area (Å²) in [4.78, 5) is 1.57. The molecule has 4 nitrogen and oxygen atoms in total. The van der Waals surface area contributed by atoms with Crippen molar-refractivity contribution in [3.05, 3.63) is 40.9 Å². The van der Waals surface area contributed by atoms with Crippen LogP contribution in [0.2, 0.25) is 0 Å². The number of hydrogen-bond acceptors (Lipinski definition) is 5. The third kappa shape index (κ3) is 3.67. The van der Waals surface area contributed by atoms with Gasteiger partial charge in [0.2, 0.25) is 10.1 Å². The average Bonchev–Trinajstić information content (AvgIpc) is 2.89. The fourth-order valence-electron chi connectivity index (χ4n) is 1.62. The van der Waals surface area contributed by atoms with Crippen LogP contribution in [-0.4, -0.2) is 28.5 Å². The van der Waals surface area contributed by atoms with Crippen LogP contribution in [0.15, 0.2) is 30.3 Å². The van der Waals surface area contributed by atoms with Crippen molar-refractivity contribution in [1.82, 2.24) is 10.2 Å². The van der Waals surface area contributed by atoms with Crippen LogP contribution >= 0.6 is 11.3 Å². The maximum Gasteiger partial charge on any atom is 0.445 e. The zero-order valence-electron chi connectivity index (χ0n) is 10.3. The summed E-state index contributed by atoms with van der Waals surface area (Å²) >= 11 is 0.475. The second-order valence-corrected chi connectivity index (χ2v) is 4.97. The molecule has 2 rings (SSSR count). The fraction of sp³-hybridized carbons (Fsp3) is 0.333. The largest absolute Gasteiger partial charge is 0.445 e. The predicted molar refractivity (Wildman–Crippen MR) is 69.5 cm³/mol. The van der Waals surface area contributed by atoms with Crippen LogP contribution in [0.5, 0.6) is 0 Å². The molecule has 0 aliphatic rings. The van der Waals surface area contributed by atoms with Gasteiger partial charge in [-0.05, 0) is 5.56 Å². The highest BCUT2D eigenvalue weighted by Crippen LogP contribution is 2.34. The van der Waals surface area contributed by atoms with Gasteiger partial charge in [-0.1, -0.05) is 41.7 Å². The van der Waals surface area contributed by atoms with Crippen molar-refractivity contribution in [2.24, 2.45) is 0 Å². The summed E-state index contributed by atoms with van der Waals surface area (Å²) in [6, 6.07) is 9.25. The van der Waals surface area contributed by atoms with Crippen molar-refractivity contribution in [3.8, 4) is 0 Å². The van der Waals surface area contributed by atoms with Gasteiger partial charge in [0.25, 0.3) is 0 Å². The highest BCUT2D eigenvalue weighted by molar-refractivity contribution is 7.15. The monoisotopic (exact) mass is 303 g/mol. The van der Waals surface area contributed by atoms with E-state index >= 15 is 0 Å². The Morgan fingerprint density at radius 1 is 1.15 bits per heavy atom. The number of hydrogen-bond donors (Lipinski definition) is 1. The molecule has 0 spiro atoms. The molecule has 0 aliphatic heterocycles. The summed E-state index contributed by atoms with van der Waals surface area (Å²) < 4.78 is 37.6. The third-order valence-electron chi connectivity index (χ3n) is 2.51. The first-order valence-corrected chi connectivity index (χ1v) is 6.63. The molecule has 108 valence electrons. The summed E-state index contributed by atoms with van der Waals surface area (Å²) in [5.41, 5.74) is 0.921. The molecule has 2 aromatic rings. The molecule has 0 radical (unpaired) electrons. The molecular weight excluding hydrogens is 291 g/mol. The molecule has 0 saturated carbocycles. The Bertz CT molecular complexity index is 544. The summed E-state index contributed by atoms with van der Waals surface area (Å²) in [5.74, 6) is 0. The molecule has 0 bridgehead atoms. The van der Waals surface area contributed by atoms with E-state index in [2.05, 4.69) is 10.2 Å². The maximum absolute atomic E-state index is 12.5. The summed E-state index contributed by atoms with van der Waals surface area (Å²) in [5, 5.41) is 14.9. The fourth-order valence-corrected chi connectivity index (χ4v) is 2.36. The quantitative estimate of drug-likeness (QED) is 0.922. The lowest BCUT2D eigenvalue weighted by Gasteiger charge is -2.20. The van der Waals surface area contributed by atoms with Crippen LogP contribution in [0.1, 0.15) is 10.6 Å². The van der Waals surface area contributed by atoms with E-state index in [-0.39, 0.29) is 18.3 Å². The number of aromatic nitrogens is 2. The molecule has 0 fully saturated rings. The molecule has 0 atom stereocenters. The molecule has 20 heavy (non-hydrogen) atoms. The number of halogens is 3. The van der Waals surface area contributed by atoms with Crippen LogP contribution in [-0.2, 0) is 12.7 Å². The first-order valence-electron chi connectivity index (χ1n) is 5.81. The molecule has 8 heteroatoms. The molecule has 1 aromatic carbocycles. The minimum Gasteiger partial charge on any atom is -0.395 e. The lowest BCUT2D eigenvalue weighted by molar-refractivity contribution is -0.138. The lowest BCUT2D eigenvalue weighted by Crippen LogP contribution is -2.25. The Kier molecular flexibility index (Phi) is 4.56. The number of aliphatic hydroxyl groups excluding tert-OH is 1. The molecule has 1 heterocycles. The first-order chi connectivity index (χ1) is 9.50. The van der Waals surface area contributed by atoms with Crippen molar-refractivity contribution < 1.29 is 18.3 Å². The zero-order valence-corrected chi connectivity index (χ0v) is 11.2. The van der Waals surface area contributed by atoms with Crippen molar-refractivity contribution in [2.45, 2.75) is 12.7 Å². The summed E-state index contributed by atoms with van der Waals surface area (Å²) in [6.45, 7) is 0.392. The standard InChI is InChI=1S/C12H12F3N3OS/c13-12(14,15)10-16-17-11(20-10)18(6-7-19)8-9-4-2-1-3-5-9/h1-5,19H,6-8H2. The lowest BCUT2D eigenvalue weighted by atomic mass is 10.2. The van der Waals surface area contributed by atoms with Crippen LogP contribution in [0.25, 0.3) is 0 Å². The Balaban J connectivity index is 2.18. The van der Waals surface area contributed by atoms with Gasteiger partial charge in [0.1, 0.15) is 0 Å². The minimum atomic E-state index is -4.49. The number of nitrogens with zero attached hydrogens (tertiary/aromatic N) is 3. The van der Waals surface area contributed by atoms with E-state index in [1.54, 1.807) is 4.90 Å². The third-order valence-corrected chi connectivity index (χ3v) is 3.54. The highest BCUT2D eigenvalue weighted by Gasteiger charge is 2.36. The van der Waals surface area contributed by atoms with E-state index in [9.17, 15) is 13.2 Å². The SMILES string of the molecule is OCCN(Cc1ccccc1)c1nnc(C(F)(F)F)s1. The molecule has 0 aliphatic carbocycles. The Morgan fingerprint density at radius 3 is 2.40 bits per heavy atom. The predicted octanol–water partition coefficient (Wildman–Crippen LogP) is 2.56. The van der Waals surface area contributed by atoms with Crippen LogP contribution in [0, 0.1) is 0 Å². The van der Waals surface area contributed by atoms with E-state index < -0.39 is 11.2 Å². The number of benzene rings is 1. The number of aliphatic hydroxyl groups is 1. The second-order valence-electron chi connectivity index (χ2n) is 4.02. The molecule has 0 amide bonds. The number of alkyl halides is 3. The van der Waals surface area contributed by atoms with E-state index in [4.69, 9.17) is 5.11 Å². The van der Waals surface area contributed by atoms with Crippen molar-refractivity contribution >= 4 is 16.5 Å². The van der Waals surface area contributed by atoms with Crippen LogP contribution < -0.4 is 4.90 Å². The Hall–Kier alpha value is -1.67. The highest BCUT2D eigenvalue weighted by atomic mass is 32.1. The van der Waals surface area contributed by atoms with E-state index in [1.165, 1.54) is 0 Å². The molecular formula is C12H12F3N3OS. The number of rotatable bonds is 5. The Labute approximate surface area is 117 Å². The molecule has 1 aromatic heterocycles.